The first-order valence-electron chi connectivity index (χ1n) is 4.09. The third kappa shape index (κ3) is 2.32. The molecule has 0 aromatic heterocycles. The van der Waals surface area contributed by atoms with Crippen LogP contribution in [0.25, 0.3) is 10.4 Å². The molecule has 1 aliphatic rings. The van der Waals surface area contributed by atoms with Crippen molar-refractivity contribution < 1.29 is 14.6 Å². The second-order valence-corrected chi connectivity index (χ2v) is 3.01. The van der Waals surface area contributed by atoms with Crippen molar-refractivity contribution in [2.45, 2.75) is 37.9 Å². The second-order valence-electron chi connectivity index (χ2n) is 3.01. The molecule has 13 heavy (non-hydrogen) atoms. The highest BCUT2D eigenvalue weighted by atomic mass is 16.7. The molecule has 0 aliphatic carbocycles. The fourth-order valence-electron chi connectivity index (χ4n) is 1.36. The van der Waals surface area contributed by atoms with Crippen molar-refractivity contribution in [2.75, 3.05) is 7.11 Å². The van der Waals surface area contributed by atoms with Crippen molar-refractivity contribution in [2.24, 2.45) is 5.11 Å². The molecular formula is C7H13N3O3. The summed E-state index contributed by atoms with van der Waals surface area (Å²) in [6.45, 7) is 1.72. The van der Waals surface area contributed by atoms with Gasteiger partial charge >= 0.3 is 0 Å². The maximum atomic E-state index is 9.54. The molecule has 0 amide bonds. The normalized spacial score (nSPS) is 39.6. The van der Waals surface area contributed by atoms with Crippen molar-refractivity contribution in [1.82, 2.24) is 0 Å². The van der Waals surface area contributed by atoms with E-state index in [4.69, 9.17) is 15.0 Å². The van der Waals surface area contributed by atoms with Gasteiger partial charge in [-0.05, 0) is 12.5 Å². The number of hydrogen-bond donors (Lipinski definition) is 1. The number of rotatable bonds is 2. The molecule has 0 aromatic rings. The Balaban J connectivity index is 2.65. The molecule has 0 radical (unpaired) electrons. The Morgan fingerprint density at radius 1 is 1.69 bits per heavy atom. The molecule has 74 valence electrons. The first-order chi connectivity index (χ1) is 6.19. The minimum absolute atomic E-state index is 0.366. The van der Waals surface area contributed by atoms with Crippen LogP contribution in [-0.4, -0.2) is 36.8 Å². The van der Waals surface area contributed by atoms with Gasteiger partial charge in [0.15, 0.2) is 6.29 Å². The van der Waals surface area contributed by atoms with Gasteiger partial charge in [0.2, 0.25) is 0 Å². The number of azide groups is 1. The van der Waals surface area contributed by atoms with E-state index in [2.05, 4.69) is 10.0 Å². The molecule has 4 atom stereocenters. The Kier molecular flexibility index (Phi) is 3.50. The molecule has 0 aromatic carbocycles. The Labute approximate surface area is 76.1 Å². The Bertz CT molecular complexity index is 217. The zero-order valence-electron chi connectivity index (χ0n) is 7.62. The molecule has 0 saturated carbocycles. The van der Waals surface area contributed by atoms with Crippen LogP contribution in [0.15, 0.2) is 5.11 Å². The number of hydrogen-bond acceptors (Lipinski definition) is 4. The average Bonchev–Trinajstić information content (AvgIpc) is 2.13. The van der Waals surface area contributed by atoms with Crippen LogP contribution in [0.3, 0.4) is 0 Å². The van der Waals surface area contributed by atoms with Gasteiger partial charge in [-0.2, -0.15) is 0 Å². The molecule has 1 fully saturated rings. The molecule has 6 heteroatoms. The standard InChI is InChI=1S/C7H13N3O3/c1-4-7(11)5(9-10-8)3-6(12-2)13-4/h4-7,11H,3H2,1-2H3/t4-,5+,6+,7+/m0/s1. The van der Waals surface area contributed by atoms with Crippen LogP contribution >= 0.6 is 0 Å². The zero-order valence-corrected chi connectivity index (χ0v) is 7.62. The van der Waals surface area contributed by atoms with Gasteiger partial charge in [0.1, 0.15) is 0 Å². The van der Waals surface area contributed by atoms with E-state index in [0.717, 1.165) is 0 Å². The topological polar surface area (TPSA) is 87.5 Å². The van der Waals surface area contributed by atoms with E-state index in [1.165, 1.54) is 7.11 Å². The van der Waals surface area contributed by atoms with Crippen molar-refractivity contribution in [3.05, 3.63) is 10.4 Å². The van der Waals surface area contributed by atoms with E-state index in [1.807, 2.05) is 0 Å². The van der Waals surface area contributed by atoms with Crippen LogP contribution in [0.4, 0.5) is 0 Å². The Morgan fingerprint density at radius 2 is 2.38 bits per heavy atom. The fraction of sp³-hybridized carbons (Fsp3) is 1.00. The van der Waals surface area contributed by atoms with Crippen molar-refractivity contribution >= 4 is 0 Å². The lowest BCUT2D eigenvalue weighted by atomic mass is 10.0. The van der Waals surface area contributed by atoms with E-state index in [-0.39, 0.29) is 6.10 Å². The summed E-state index contributed by atoms with van der Waals surface area (Å²) in [5.74, 6) is 0. The first kappa shape index (κ1) is 10.3. The molecule has 1 heterocycles. The van der Waals surface area contributed by atoms with Gasteiger partial charge in [-0.15, -0.1) is 0 Å². The monoisotopic (exact) mass is 187 g/mol. The molecule has 0 unspecified atom stereocenters. The summed E-state index contributed by atoms with van der Waals surface area (Å²) < 4.78 is 10.2. The Morgan fingerprint density at radius 3 is 2.92 bits per heavy atom. The molecular weight excluding hydrogens is 174 g/mol. The highest BCUT2D eigenvalue weighted by molar-refractivity contribution is 4.85. The summed E-state index contributed by atoms with van der Waals surface area (Å²) in [5, 5.41) is 13.0. The van der Waals surface area contributed by atoms with Gasteiger partial charge in [-0.25, -0.2) is 0 Å². The smallest absolute Gasteiger partial charge is 0.158 e. The fourth-order valence-corrected chi connectivity index (χ4v) is 1.36. The maximum Gasteiger partial charge on any atom is 0.158 e. The summed E-state index contributed by atoms with van der Waals surface area (Å²) in [7, 11) is 1.52. The van der Waals surface area contributed by atoms with E-state index in [9.17, 15) is 5.11 Å². The van der Waals surface area contributed by atoms with Crippen molar-refractivity contribution in [3.63, 3.8) is 0 Å². The molecule has 1 saturated heterocycles. The molecule has 0 bridgehead atoms. The van der Waals surface area contributed by atoms with Crippen LogP contribution in [0.1, 0.15) is 13.3 Å². The van der Waals surface area contributed by atoms with Gasteiger partial charge in [0.25, 0.3) is 0 Å². The highest BCUT2D eigenvalue weighted by Crippen LogP contribution is 2.22. The largest absolute Gasteiger partial charge is 0.390 e. The van der Waals surface area contributed by atoms with Gasteiger partial charge < -0.3 is 14.6 Å². The summed E-state index contributed by atoms with van der Waals surface area (Å²) in [4.78, 5) is 2.67. The number of aliphatic hydroxyl groups is 1. The van der Waals surface area contributed by atoms with Crippen molar-refractivity contribution in [3.8, 4) is 0 Å². The number of nitrogens with zero attached hydrogens (tertiary/aromatic N) is 3. The van der Waals surface area contributed by atoms with Crippen LogP contribution in [0.2, 0.25) is 0 Å². The van der Waals surface area contributed by atoms with E-state index >= 15 is 0 Å². The van der Waals surface area contributed by atoms with Gasteiger partial charge in [-0.3, -0.25) is 0 Å². The minimum Gasteiger partial charge on any atom is -0.390 e. The molecule has 6 nitrogen and oxygen atoms in total. The third-order valence-corrected chi connectivity index (χ3v) is 2.14. The van der Waals surface area contributed by atoms with Crippen LogP contribution in [0, 0.1) is 0 Å². The van der Waals surface area contributed by atoms with Crippen LogP contribution in [0.5, 0.6) is 0 Å². The SMILES string of the molecule is CO[C@H]1C[C@@H](N=[N+]=[N-])[C@H](O)[C@H](C)O1. The number of ether oxygens (including phenoxy) is 2. The molecule has 1 N–H and O–H groups in total. The van der Waals surface area contributed by atoms with Crippen LogP contribution in [-0.2, 0) is 9.47 Å². The quantitative estimate of drug-likeness (QED) is 0.394. The first-order valence-corrected chi connectivity index (χ1v) is 4.09. The lowest BCUT2D eigenvalue weighted by Crippen LogP contribution is -2.46. The number of methoxy groups -OCH3 is 1. The number of aliphatic hydroxyl groups excluding tert-OH is 1. The summed E-state index contributed by atoms with van der Waals surface area (Å²) >= 11 is 0. The summed E-state index contributed by atoms with van der Waals surface area (Å²) in [5.41, 5.74) is 8.25. The summed E-state index contributed by atoms with van der Waals surface area (Å²) in [6, 6.07) is -0.460. The minimum atomic E-state index is -0.748. The van der Waals surface area contributed by atoms with E-state index in [0.29, 0.717) is 6.42 Å². The lowest BCUT2D eigenvalue weighted by Gasteiger charge is -2.34. The van der Waals surface area contributed by atoms with Gasteiger partial charge in [0.05, 0.1) is 18.2 Å². The molecule has 1 rings (SSSR count). The lowest BCUT2D eigenvalue weighted by molar-refractivity contribution is -0.211. The predicted octanol–water partition coefficient (Wildman–Crippen LogP) is 0.807. The average molecular weight is 187 g/mol. The van der Waals surface area contributed by atoms with E-state index < -0.39 is 18.4 Å². The van der Waals surface area contributed by atoms with Gasteiger partial charge in [-0.1, -0.05) is 5.11 Å². The Hall–Kier alpha value is -0.810. The maximum absolute atomic E-state index is 9.54. The van der Waals surface area contributed by atoms with Crippen LogP contribution < -0.4 is 0 Å². The molecule has 0 spiro atoms. The van der Waals surface area contributed by atoms with E-state index in [1.54, 1.807) is 6.92 Å². The predicted molar refractivity (Wildman–Crippen MR) is 44.9 cm³/mol. The third-order valence-electron chi connectivity index (χ3n) is 2.14. The van der Waals surface area contributed by atoms with Gasteiger partial charge in [0, 0.05) is 18.4 Å². The second kappa shape index (κ2) is 4.43. The molecule has 1 aliphatic heterocycles. The highest BCUT2D eigenvalue weighted by Gasteiger charge is 2.34. The van der Waals surface area contributed by atoms with Crippen molar-refractivity contribution in [1.29, 1.82) is 0 Å². The summed E-state index contributed by atoms with van der Waals surface area (Å²) in [6.07, 6.45) is -1.11. The zero-order chi connectivity index (χ0) is 9.84.